The van der Waals surface area contributed by atoms with Crippen LogP contribution < -0.4 is 5.43 Å². The first-order valence-electron chi connectivity index (χ1n) is 3.23. The van der Waals surface area contributed by atoms with Crippen LogP contribution >= 0.6 is 15.9 Å². The first-order chi connectivity index (χ1) is 5.66. The summed E-state index contributed by atoms with van der Waals surface area (Å²) in [6, 6.07) is 1.21. The molecule has 0 aromatic carbocycles. The smallest absolute Gasteiger partial charge is 0.219 e. The first-order valence-corrected chi connectivity index (χ1v) is 4.02. The molecule has 0 radical (unpaired) electrons. The molecule has 0 aliphatic heterocycles. The third-order valence-corrected chi connectivity index (χ3v) is 1.94. The highest BCUT2D eigenvalue weighted by atomic mass is 79.9. The standard InChI is InChI=1S/C7H4BrFN2O/c8-6-3-11-2-4(9)5(12)1-7(11)10-6/h1-3,10H. The predicted molar refractivity (Wildman–Crippen MR) is 45.7 cm³/mol. The van der Waals surface area contributed by atoms with Crippen LogP contribution in [0.5, 0.6) is 0 Å². The van der Waals surface area contributed by atoms with E-state index >= 15 is 0 Å². The zero-order valence-electron chi connectivity index (χ0n) is 5.84. The van der Waals surface area contributed by atoms with E-state index in [0.29, 0.717) is 10.3 Å². The molecule has 0 unspecified atom stereocenters. The summed E-state index contributed by atoms with van der Waals surface area (Å²) < 4.78 is 14.9. The monoisotopic (exact) mass is 230 g/mol. The minimum absolute atomic E-state index is 0.563. The van der Waals surface area contributed by atoms with E-state index in [4.69, 9.17) is 0 Å². The second kappa shape index (κ2) is 2.45. The highest BCUT2D eigenvalue weighted by Crippen LogP contribution is 2.08. The Morgan fingerprint density at radius 1 is 1.50 bits per heavy atom. The number of nitrogens with zero attached hydrogens (tertiary/aromatic N) is 1. The van der Waals surface area contributed by atoms with Gasteiger partial charge in [0.2, 0.25) is 5.43 Å². The Hall–Kier alpha value is -1.10. The van der Waals surface area contributed by atoms with Gasteiger partial charge in [0.1, 0.15) is 10.3 Å². The Morgan fingerprint density at radius 2 is 2.25 bits per heavy atom. The molecule has 12 heavy (non-hydrogen) atoms. The fourth-order valence-electron chi connectivity index (χ4n) is 1.01. The Balaban J connectivity index is 2.92. The summed E-state index contributed by atoms with van der Waals surface area (Å²) in [7, 11) is 0. The second-order valence-corrected chi connectivity index (χ2v) is 3.23. The normalized spacial score (nSPS) is 10.8. The molecule has 5 heteroatoms. The van der Waals surface area contributed by atoms with Crippen molar-refractivity contribution in [3.63, 3.8) is 0 Å². The van der Waals surface area contributed by atoms with Crippen molar-refractivity contribution in [2.75, 3.05) is 0 Å². The number of halogens is 2. The molecule has 0 aliphatic carbocycles. The van der Waals surface area contributed by atoms with Gasteiger partial charge in [-0.15, -0.1) is 0 Å². The number of fused-ring (bicyclic) bond motifs is 1. The van der Waals surface area contributed by atoms with Gasteiger partial charge in [-0.1, -0.05) is 0 Å². The van der Waals surface area contributed by atoms with Crippen LogP contribution in [0.25, 0.3) is 5.65 Å². The lowest BCUT2D eigenvalue weighted by Gasteiger charge is -1.90. The Kier molecular flexibility index (Phi) is 1.54. The summed E-state index contributed by atoms with van der Waals surface area (Å²) in [6.07, 6.45) is 2.77. The number of pyridine rings is 1. The average Bonchev–Trinajstić information content (AvgIpc) is 2.30. The molecule has 2 heterocycles. The van der Waals surface area contributed by atoms with Gasteiger partial charge in [0, 0.05) is 12.3 Å². The van der Waals surface area contributed by atoms with E-state index in [0.717, 1.165) is 6.20 Å². The van der Waals surface area contributed by atoms with Crippen LogP contribution in [0.3, 0.4) is 0 Å². The molecule has 0 fully saturated rings. The molecule has 2 aromatic heterocycles. The van der Waals surface area contributed by atoms with Gasteiger partial charge in [0.25, 0.3) is 0 Å². The van der Waals surface area contributed by atoms with Gasteiger partial charge in [-0.2, -0.15) is 0 Å². The van der Waals surface area contributed by atoms with Gasteiger partial charge >= 0.3 is 0 Å². The summed E-state index contributed by atoms with van der Waals surface area (Å²) in [5, 5.41) is 0. The van der Waals surface area contributed by atoms with Crippen molar-refractivity contribution in [3.05, 3.63) is 39.1 Å². The molecule has 0 amide bonds. The Morgan fingerprint density at radius 3 is 3.00 bits per heavy atom. The predicted octanol–water partition coefficient (Wildman–Crippen LogP) is 1.53. The number of hydrogen-bond acceptors (Lipinski definition) is 1. The molecular weight excluding hydrogens is 227 g/mol. The zero-order valence-corrected chi connectivity index (χ0v) is 7.43. The molecule has 0 saturated heterocycles. The minimum Gasteiger partial charge on any atom is -0.334 e. The van der Waals surface area contributed by atoms with E-state index in [9.17, 15) is 9.18 Å². The Labute approximate surface area is 75.0 Å². The van der Waals surface area contributed by atoms with E-state index in [1.165, 1.54) is 10.5 Å². The number of nitrogens with one attached hydrogen (secondary N) is 1. The summed E-state index contributed by atoms with van der Waals surface area (Å²) >= 11 is 3.17. The minimum atomic E-state index is -0.751. The molecule has 2 rings (SSSR count). The van der Waals surface area contributed by atoms with E-state index in [-0.39, 0.29) is 0 Å². The molecule has 0 spiro atoms. The fraction of sp³-hybridized carbons (Fsp3) is 0. The third kappa shape index (κ3) is 1.06. The van der Waals surface area contributed by atoms with Gasteiger partial charge in [0.05, 0.1) is 6.20 Å². The number of H-pyrrole nitrogens is 1. The van der Waals surface area contributed by atoms with Crippen molar-refractivity contribution >= 4 is 21.6 Å². The second-order valence-electron chi connectivity index (χ2n) is 2.38. The maximum atomic E-state index is 12.7. The van der Waals surface area contributed by atoms with Crippen molar-refractivity contribution in [2.24, 2.45) is 0 Å². The molecule has 0 bridgehead atoms. The van der Waals surface area contributed by atoms with E-state index in [1.807, 2.05) is 0 Å². The third-order valence-electron chi connectivity index (χ3n) is 1.53. The molecule has 0 saturated carbocycles. The SMILES string of the molecule is O=c1cc2[nH]c(Br)cn2cc1F. The van der Waals surface area contributed by atoms with Gasteiger partial charge in [0.15, 0.2) is 5.82 Å². The summed E-state index contributed by atoms with van der Waals surface area (Å²) in [6.45, 7) is 0. The summed E-state index contributed by atoms with van der Waals surface area (Å²) in [5.74, 6) is -0.751. The van der Waals surface area contributed by atoms with Crippen LogP contribution in [0, 0.1) is 5.82 Å². The van der Waals surface area contributed by atoms with Crippen LogP contribution in [0.15, 0.2) is 27.9 Å². The summed E-state index contributed by atoms with van der Waals surface area (Å²) in [4.78, 5) is 13.7. The van der Waals surface area contributed by atoms with Crippen molar-refractivity contribution in [3.8, 4) is 0 Å². The topological polar surface area (TPSA) is 37.3 Å². The average molecular weight is 231 g/mol. The molecule has 0 atom stereocenters. The van der Waals surface area contributed by atoms with E-state index in [2.05, 4.69) is 20.9 Å². The highest BCUT2D eigenvalue weighted by Gasteiger charge is 2.01. The van der Waals surface area contributed by atoms with Crippen molar-refractivity contribution in [1.82, 2.24) is 9.38 Å². The number of rotatable bonds is 0. The van der Waals surface area contributed by atoms with E-state index in [1.54, 1.807) is 6.20 Å². The molecule has 2 aromatic rings. The fourth-order valence-corrected chi connectivity index (χ4v) is 1.43. The number of hydrogen-bond donors (Lipinski definition) is 1. The lowest BCUT2D eigenvalue weighted by atomic mass is 10.4. The number of imidazole rings is 1. The Bertz CT molecular complexity index is 488. The molecule has 1 N–H and O–H groups in total. The van der Waals surface area contributed by atoms with Gasteiger partial charge < -0.3 is 9.38 Å². The lowest BCUT2D eigenvalue weighted by Crippen LogP contribution is -2.05. The van der Waals surface area contributed by atoms with Gasteiger partial charge in [-0.25, -0.2) is 4.39 Å². The maximum absolute atomic E-state index is 12.7. The van der Waals surface area contributed by atoms with Gasteiger partial charge in [-0.05, 0) is 15.9 Å². The molecule has 0 aliphatic rings. The van der Waals surface area contributed by atoms with Crippen molar-refractivity contribution in [2.45, 2.75) is 0 Å². The van der Waals surface area contributed by atoms with Gasteiger partial charge in [-0.3, -0.25) is 4.79 Å². The van der Waals surface area contributed by atoms with Crippen LogP contribution in [0.2, 0.25) is 0 Å². The van der Waals surface area contributed by atoms with Crippen LogP contribution in [-0.4, -0.2) is 9.38 Å². The first kappa shape index (κ1) is 7.54. The number of aromatic nitrogens is 2. The summed E-state index contributed by atoms with van der Waals surface area (Å²) in [5.41, 5.74) is -0.0439. The van der Waals surface area contributed by atoms with Crippen LogP contribution in [0.1, 0.15) is 0 Å². The van der Waals surface area contributed by atoms with E-state index < -0.39 is 11.2 Å². The zero-order chi connectivity index (χ0) is 8.72. The highest BCUT2D eigenvalue weighted by molar-refractivity contribution is 9.10. The van der Waals surface area contributed by atoms with Crippen molar-refractivity contribution in [1.29, 1.82) is 0 Å². The molecular formula is C7H4BrFN2O. The molecule has 3 nitrogen and oxygen atoms in total. The largest absolute Gasteiger partial charge is 0.334 e. The quantitative estimate of drug-likeness (QED) is 0.733. The maximum Gasteiger partial charge on any atom is 0.219 e. The van der Waals surface area contributed by atoms with Crippen LogP contribution in [-0.2, 0) is 0 Å². The van der Waals surface area contributed by atoms with Crippen LogP contribution in [0.4, 0.5) is 4.39 Å². The number of aromatic amines is 1. The lowest BCUT2D eigenvalue weighted by molar-refractivity contribution is 0.609. The van der Waals surface area contributed by atoms with Crippen molar-refractivity contribution < 1.29 is 4.39 Å². The molecule has 62 valence electrons.